The Kier molecular flexibility index (Phi) is 7.91. The van der Waals surface area contributed by atoms with Crippen molar-refractivity contribution in [2.24, 2.45) is 10.9 Å². The van der Waals surface area contributed by atoms with Gasteiger partial charge < -0.3 is 15.2 Å². The van der Waals surface area contributed by atoms with Crippen LogP contribution in [0.4, 0.5) is 15.8 Å². The molecule has 3 aromatic carbocycles. The number of aliphatic hydroxyl groups is 1. The molecule has 13 heteroatoms. The average Bonchev–Trinajstić information content (AvgIpc) is 3.73. The SMILES string of the molecule is COC(=O)c1ccc(/C=N/[C@@H]2[C@H](CO)N(CC3CC3)[C@@]3(C(=O)Nc4cc(Cl)ccc43)[C@H]2c2cccc(Cl)c2F)c([N+](=O)[O-])c1. The maximum absolute atomic E-state index is 16.0. The molecule has 3 aliphatic rings. The third-order valence-electron chi connectivity index (χ3n) is 8.72. The summed E-state index contributed by atoms with van der Waals surface area (Å²) in [5.41, 5.74) is -0.718. The van der Waals surface area contributed by atoms with Crippen molar-refractivity contribution in [3.8, 4) is 0 Å². The Bertz CT molecular complexity index is 1720. The van der Waals surface area contributed by atoms with Crippen molar-refractivity contribution in [2.75, 3.05) is 25.6 Å². The number of aliphatic imine (C=N–C) groups is 1. The van der Waals surface area contributed by atoms with Crippen LogP contribution in [0.5, 0.6) is 0 Å². The molecule has 6 rings (SSSR count). The maximum atomic E-state index is 16.0. The molecule has 4 atom stereocenters. The molecule has 0 unspecified atom stereocenters. The summed E-state index contributed by atoms with van der Waals surface area (Å²) in [5, 5.41) is 26.0. The molecule has 0 bridgehead atoms. The van der Waals surface area contributed by atoms with Crippen molar-refractivity contribution in [3.63, 3.8) is 0 Å². The van der Waals surface area contributed by atoms with Gasteiger partial charge in [0.05, 0.1) is 46.9 Å². The van der Waals surface area contributed by atoms with Crippen LogP contribution in [0.3, 0.4) is 0 Å². The van der Waals surface area contributed by atoms with E-state index in [-0.39, 0.29) is 27.6 Å². The fourth-order valence-corrected chi connectivity index (χ4v) is 6.98. The predicted molar refractivity (Wildman–Crippen MR) is 162 cm³/mol. The first-order chi connectivity index (χ1) is 21.1. The van der Waals surface area contributed by atoms with Gasteiger partial charge >= 0.3 is 5.97 Å². The number of rotatable bonds is 8. The van der Waals surface area contributed by atoms with Gasteiger partial charge in [0.1, 0.15) is 11.4 Å². The number of carbonyl (C=O) groups excluding carboxylic acids is 2. The van der Waals surface area contributed by atoms with Crippen LogP contribution < -0.4 is 5.32 Å². The highest BCUT2D eigenvalue weighted by Gasteiger charge is 2.67. The molecule has 0 aromatic heterocycles. The van der Waals surface area contributed by atoms with E-state index >= 15 is 4.39 Å². The van der Waals surface area contributed by atoms with Crippen LogP contribution in [0.25, 0.3) is 0 Å². The van der Waals surface area contributed by atoms with Gasteiger partial charge in [0.2, 0.25) is 5.91 Å². The monoisotopic (exact) mass is 640 g/mol. The van der Waals surface area contributed by atoms with Gasteiger partial charge in [-0.3, -0.25) is 24.8 Å². The zero-order valence-electron chi connectivity index (χ0n) is 23.4. The highest BCUT2D eigenvalue weighted by Crippen LogP contribution is 2.59. The molecule has 1 spiro atoms. The van der Waals surface area contributed by atoms with Gasteiger partial charge in [-0.15, -0.1) is 0 Å². The summed E-state index contributed by atoms with van der Waals surface area (Å²) in [5.74, 6) is -2.65. The number of hydrogen-bond donors (Lipinski definition) is 2. The Balaban J connectivity index is 1.58. The summed E-state index contributed by atoms with van der Waals surface area (Å²) in [4.78, 5) is 44.3. The first-order valence-electron chi connectivity index (χ1n) is 13.9. The summed E-state index contributed by atoms with van der Waals surface area (Å²) in [7, 11) is 1.17. The van der Waals surface area contributed by atoms with Crippen LogP contribution in [0, 0.1) is 21.8 Å². The van der Waals surface area contributed by atoms with Crippen LogP contribution in [-0.4, -0.2) is 65.4 Å². The van der Waals surface area contributed by atoms with Gasteiger partial charge in [-0.25, -0.2) is 9.18 Å². The lowest BCUT2D eigenvalue weighted by atomic mass is 9.73. The number of methoxy groups -OCH3 is 1. The lowest BCUT2D eigenvalue weighted by Crippen LogP contribution is -2.53. The number of hydrogen-bond acceptors (Lipinski definition) is 8. The number of carbonyl (C=O) groups is 2. The van der Waals surface area contributed by atoms with E-state index in [9.17, 15) is 24.8 Å². The number of benzene rings is 3. The quantitative estimate of drug-likeness (QED) is 0.147. The van der Waals surface area contributed by atoms with E-state index in [4.69, 9.17) is 32.9 Å². The Morgan fingerprint density at radius 3 is 2.70 bits per heavy atom. The van der Waals surface area contributed by atoms with Crippen LogP contribution in [0.2, 0.25) is 10.0 Å². The lowest BCUT2D eigenvalue weighted by Gasteiger charge is -2.39. The zero-order chi connectivity index (χ0) is 31.3. The number of fused-ring (bicyclic) bond motifs is 2. The Morgan fingerprint density at radius 1 is 1.25 bits per heavy atom. The average molecular weight is 641 g/mol. The van der Waals surface area contributed by atoms with Crippen molar-refractivity contribution in [1.29, 1.82) is 0 Å². The molecule has 1 amide bonds. The molecule has 2 heterocycles. The molecule has 2 N–H and O–H groups in total. The second kappa shape index (κ2) is 11.6. The van der Waals surface area contributed by atoms with Crippen molar-refractivity contribution in [3.05, 3.63) is 103 Å². The van der Waals surface area contributed by atoms with E-state index in [1.807, 2.05) is 4.90 Å². The molecule has 2 aliphatic heterocycles. The van der Waals surface area contributed by atoms with Gasteiger partial charge in [-0.1, -0.05) is 41.4 Å². The summed E-state index contributed by atoms with van der Waals surface area (Å²) >= 11 is 12.6. The standard InChI is InChI=1S/C31H27Cl2FN4O6/c1-44-29(40)17-7-8-18(24(11-17)38(42)43)13-35-28-25(15-39)37(14-16-5-6-16)31(26(28)20-3-2-4-22(33)27(20)34)21-10-9-19(32)12-23(21)36-30(31)41/h2-4,7-13,16,25-26,28,39H,5-6,14-15H2,1H3,(H,36,41)/b35-13+/t25-,26-,28+,31+/m0/s1. The lowest BCUT2D eigenvalue weighted by molar-refractivity contribution is -0.385. The van der Waals surface area contributed by atoms with Gasteiger partial charge in [0.25, 0.3) is 5.69 Å². The van der Waals surface area contributed by atoms with Crippen LogP contribution >= 0.6 is 23.2 Å². The van der Waals surface area contributed by atoms with E-state index in [1.54, 1.807) is 30.3 Å². The topological polar surface area (TPSA) is 134 Å². The second-order valence-corrected chi connectivity index (χ2v) is 12.0. The van der Waals surface area contributed by atoms with Crippen molar-refractivity contribution in [2.45, 2.75) is 36.4 Å². The van der Waals surface area contributed by atoms with E-state index in [0.29, 0.717) is 22.8 Å². The highest BCUT2D eigenvalue weighted by atomic mass is 35.5. The molecule has 228 valence electrons. The van der Waals surface area contributed by atoms with E-state index in [0.717, 1.165) is 18.9 Å². The predicted octanol–water partition coefficient (Wildman–Crippen LogP) is 5.33. The number of ether oxygens (including phenoxy) is 1. The van der Waals surface area contributed by atoms with Crippen molar-refractivity contribution in [1.82, 2.24) is 4.90 Å². The van der Waals surface area contributed by atoms with Crippen molar-refractivity contribution < 1.29 is 28.7 Å². The molecule has 44 heavy (non-hydrogen) atoms. The molecule has 1 saturated heterocycles. The summed E-state index contributed by atoms with van der Waals surface area (Å²) in [6.45, 7) is -0.00583. The number of esters is 1. The number of halogens is 3. The van der Waals surface area contributed by atoms with Crippen LogP contribution in [0.15, 0.2) is 59.6 Å². The number of likely N-dealkylation sites (tertiary alicyclic amines) is 1. The largest absolute Gasteiger partial charge is 0.465 e. The summed E-state index contributed by atoms with van der Waals surface area (Å²) in [6.07, 6.45) is 3.14. The number of amides is 1. The highest BCUT2D eigenvalue weighted by molar-refractivity contribution is 6.31. The fourth-order valence-electron chi connectivity index (χ4n) is 6.62. The summed E-state index contributed by atoms with van der Waals surface area (Å²) < 4.78 is 20.7. The normalized spacial score (nSPS) is 24.6. The van der Waals surface area contributed by atoms with Gasteiger partial charge in [-0.05, 0) is 54.7 Å². The van der Waals surface area contributed by atoms with E-state index in [1.165, 1.54) is 31.5 Å². The Morgan fingerprint density at radius 2 is 2.02 bits per heavy atom. The van der Waals surface area contributed by atoms with Crippen LogP contribution in [-0.2, 0) is 15.1 Å². The molecule has 2 fully saturated rings. The third-order valence-corrected chi connectivity index (χ3v) is 9.24. The maximum Gasteiger partial charge on any atom is 0.338 e. The molecule has 1 aliphatic carbocycles. The molecular weight excluding hydrogens is 614 g/mol. The minimum Gasteiger partial charge on any atom is -0.465 e. The minimum atomic E-state index is -1.51. The van der Waals surface area contributed by atoms with Gasteiger partial charge in [0, 0.05) is 41.0 Å². The Labute approximate surface area is 261 Å². The fraction of sp³-hybridized carbons (Fsp3) is 0.323. The number of nitro benzene ring substituents is 1. The number of aliphatic hydroxyl groups excluding tert-OH is 1. The minimum absolute atomic E-state index is 0.0169. The zero-order valence-corrected chi connectivity index (χ0v) is 24.9. The first-order valence-corrected chi connectivity index (χ1v) is 14.7. The molecule has 1 saturated carbocycles. The number of nitrogens with one attached hydrogen (secondary N) is 1. The van der Waals surface area contributed by atoms with Crippen LogP contribution in [0.1, 0.15) is 45.8 Å². The molecule has 10 nitrogen and oxygen atoms in total. The van der Waals surface area contributed by atoms with Gasteiger partial charge in [-0.2, -0.15) is 0 Å². The molecular formula is C31H27Cl2FN4O6. The number of nitro groups is 1. The first kappa shape index (κ1) is 30.1. The summed E-state index contributed by atoms with van der Waals surface area (Å²) in [6, 6.07) is 11.6. The van der Waals surface area contributed by atoms with Crippen molar-refractivity contribution >= 4 is 52.7 Å². The van der Waals surface area contributed by atoms with E-state index in [2.05, 4.69) is 5.32 Å². The third kappa shape index (κ3) is 4.84. The van der Waals surface area contributed by atoms with E-state index < -0.39 is 58.5 Å². The van der Waals surface area contributed by atoms with Gasteiger partial charge in [0.15, 0.2) is 0 Å². The second-order valence-electron chi connectivity index (χ2n) is 11.2. The molecule has 3 aromatic rings. The Hall–Kier alpha value is -3.90. The number of anilines is 1. The smallest absolute Gasteiger partial charge is 0.338 e. The number of nitrogens with zero attached hydrogens (tertiary/aromatic N) is 3. The molecule has 0 radical (unpaired) electrons.